The molecule has 4 N–H and O–H groups in total. The van der Waals surface area contributed by atoms with Gasteiger partial charge in [0.05, 0.1) is 21.9 Å². The molecule has 9 heteroatoms. The molecule has 5 rings (SSSR count). The molecule has 2 heterocycles. The molecule has 0 bridgehead atoms. The number of nitrogens with zero attached hydrogens (tertiary/aromatic N) is 1. The number of nitrogens with one attached hydrogen (secondary N) is 4. The first kappa shape index (κ1) is 22.8. The highest BCUT2D eigenvalue weighted by Gasteiger charge is 2.15. The summed E-state index contributed by atoms with van der Waals surface area (Å²) in [4.78, 5) is 47.1. The molecule has 4 aromatic rings. The Bertz CT molecular complexity index is 1370. The first-order chi connectivity index (χ1) is 16.0. The van der Waals surface area contributed by atoms with Gasteiger partial charge in [0.2, 0.25) is 5.91 Å². The van der Waals surface area contributed by atoms with E-state index in [4.69, 9.17) is 11.6 Å². The number of aromatic nitrogens is 4. The van der Waals surface area contributed by atoms with Crippen molar-refractivity contribution in [3.63, 3.8) is 0 Å². The number of rotatable bonds is 4. The summed E-state index contributed by atoms with van der Waals surface area (Å²) in [6.45, 7) is 0. The second-order valence-electron chi connectivity index (χ2n) is 8.20. The van der Waals surface area contributed by atoms with E-state index in [-0.39, 0.29) is 17.2 Å². The molecule has 0 saturated heterocycles. The van der Waals surface area contributed by atoms with E-state index >= 15 is 0 Å². The molecule has 2 aromatic carbocycles. The summed E-state index contributed by atoms with van der Waals surface area (Å²) in [5.74, 6) is 0.616. The van der Waals surface area contributed by atoms with Crippen LogP contribution in [0.3, 0.4) is 0 Å². The number of carbonyl (C=O) groups is 1. The SMILES string of the molecule is O=C(CCc1nc2ccccc2c(=O)[nH]1)NC1CCCCC1.O=c1[nH]c2ccc(Cl)cc2[nH]1. The second kappa shape index (κ2) is 10.5. The summed E-state index contributed by atoms with van der Waals surface area (Å²) in [6.07, 6.45) is 6.65. The van der Waals surface area contributed by atoms with Crippen LogP contribution in [0.25, 0.3) is 21.9 Å². The Morgan fingerprint density at radius 1 is 1.00 bits per heavy atom. The van der Waals surface area contributed by atoms with Crippen molar-refractivity contribution in [1.29, 1.82) is 0 Å². The molecule has 33 heavy (non-hydrogen) atoms. The summed E-state index contributed by atoms with van der Waals surface area (Å²) in [7, 11) is 0. The minimum atomic E-state index is -0.206. The summed E-state index contributed by atoms with van der Waals surface area (Å²) in [5.41, 5.74) is 1.84. The molecule has 1 aliphatic carbocycles. The van der Waals surface area contributed by atoms with Crippen molar-refractivity contribution >= 4 is 39.4 Å². The van der Waals surface area contributed by atoms with Crippen molar-refractivity contribution in [1.82, 2.24) is 25.3 Å². The van der Waals surface area contributed by atoms with Gasteiger partial charge in [-0.3, -0.25) is 9.59 Å². The first-order valence-electron chi connectivity index (χ1n) is 11.1. The lowest BCUT2D eigenvalue weighted by atomic mass is 9.95. The number of para-hydroxylation sites is 1. The Morgan fingerprint density at radius 2 is 1.76 bits per heavy atom. The Balaban J connectivity index is 0.000000196. The highest BCUT2D eigenvalue weighted by molar-refractivity contribution is 6.31. The van der Waals surface area contributed by atoms with Crippen LogP contribution >= 0.6 is 11.6 Å². The van der Waals surface area contributed by atoms with Crippen LogP contribution in [0.15, 0.2) is 52.1 Å². The molecule has 2 aromatic heterocycles. The number of hydrogen-bond donors (Lipinski definition) is 4. The predicted octanol–water partition coefficient (Wildman–Crippen LogP) is 3.81. The molecule has 0 spiro atoms. The first-order valence-corrected chi connectivity index (χ1v) is 11.5. The molecule has 1 aliphatic rings. The predicted molar refractivity (Wildman–Crippen MR) is 130 cm³/mol. The van der Waals surface area contributed by atoms with Crippen LogP contribution in [0.1, 0.15) is 44.3 Å². The van der Waals surface area contributed by atoms with E-state index in [1.165, 1.54) is 19.3 Å². The van der Waals surface area contributed by atoms with Crippen LogP contribution in [0.4, 0.5) is 0 Å². The summed E-state index contributed by atoms with van der Waals surface area (Å²) in [6, 6.07) is 12.8. The van der Waals surface area contributed by atoms with Crippen molar-refractivity contribution in [2.75, 3.05) is 0 Å². The zero-order valence-corrected chi connectivity index (χ0v) is 18.9. The molecular weight excluding hydrogens is 442 g/mol. The number of halogens is 1. The smallest absolute Gasteiger partial charge is 0.323 e. The van der Waals surface area contributed by atoms with Gasteiger partial charge in [-0.05, 0) is 43.2 Å². The van der Waals surface area contributed by atoms with Gasteiger partial charge in [0.1, 0.15) is 5.82 Å². The fourth-order valence-corrected chi connectivity index (χ4v) is 4.21. The Kier molecular flexibility index (Phi) is 7.24. The monoisotopic (exact) mass is 467 g/mol. The Hall–Kier alpha value is -3.39. The number of fused-ring (bicyclic) bond motifs is 2. The topological polar surface area (TPSA) is 123 Å². The Morgan fingerprint density at radius 3 is 2.58 bits per heavy atom. The zero-order valence-electron chi connectivity index (χ0n) is 18.1. The van der Waals surface area contributed by atoms with Crippen LogP contribution in [0.2, 0.25) is 5.02 Å². The van der Waals surface area contributed by atoms with Gasteiger partial charge in [-0.2, -0.15) is 0 Å². The molecular formula is C24H26ClN5O3. The number of benzene rings is 2. The molecule has 1 fully saturated rings. The highest BCUT2D eigenvalue weighted by atomic mass is 35.5. The molecule has 0 radical (unpaired) electrons. The summed E-state index contributed by atoms with van der Waals surface area (Å²) in [5, 5.41) is 4.28. The second-order valence-corrected chi connectivity index (χ2v) is 8.64. The third kappa shape index (κ3) is 6.10. The van der Waals surface area contributed by atoms with Crippen LogP contribution in [-0.2, 0) is 11.2 Å². The van der Waals surface area contributed by atoms with Crippen molar-refractivity contribution < 1.29 is 4.79 Å². The van der Waals surface area contributed by atoms with Crippen LogP contribution in [0, 0.1) is 0 Å². The van der Waals surface area contributed by atoms with Gasteiger partial charge in [-0.1, -0.05) is 43.0 Å². The quantitative estimate of drug-likeness (QED) is 0.364. The molecule has 0 unspecified atom stereocenters. The van der Waals surface area contributed by atoms with Gasteiger partial charge in [0.15, 0.2) is 0 Å². The lowest BCUT2D eigenvalue weighted by Crippen LogP contribution is -2.36. The number of aromatic amines is 3. The third-order valence-electron chi connectivity index (χ3n) is 5.70. The number of carbonyl (C=O) groups excluding carboxylic acids is 1. The molecule has 1 saturated carbocycles. The maximum absolute atomic E-state index is 12.0. The summed E-state index contributed by atoms with van der Waals surface area (Å²) >= 11 is 5.69. The van der Waals surface area contributed by atoms with E-state index in [9.17, 15) is 14.4 Å². The highest BCUT2D eigenvalue weighted by Crippen LogP contribution is 2.17. The van der Waals surface area contributed by atoms with Crippen LogP contribution in [-0.4, -0.2) is 31.9 Å². The normalized spacial score (nSPS) is 14.1. The maximum Gasteiger partial charge on any atom is 0.323 e. The molecule has 0 aliphatic heterocycles. The molecule has 8 nitrogen and oxygen atoms in total. The van der Waals surface area contributed by atoms with Gasteiger partial charge in [0.25, 0.3) is 5.56 Å². The molecule has 172 valence electrons. The van der Waals surface area contributed by atoms with Crippen LogP contribution < -0.4 is 16.6 Å². The average Bonchev–Trinajstić information content (AvgIpc) is 3.18. The minimum Gasteiger partial charge on any atom is -0.353 e. The van der Waals surface area contributed by atoms with Gasteiger partial charge in [-0.25, -0.2) is 9.78 Å². The van der Waals surface area contributed by atoms with Gasteiger partial charge >= 0.3 is 5.69 Å². The largest absolute Gasteiger partial charge is 0.353 e. The zero-order chi connectivity index (χ0) is 23.2. The number of imidazole rings is 1. The fraction of sp³-hybridized carbons (Fsp3) is 0.333. The van der Waals surface area contributed by atoms with Crippen LogP contribution in [0.5, 0.6) is 0 Å². The van der Waals surface area contributed by atoms with Crippen molar-refractivity contribution in [2.45, 2.75) is 51.0 Å². The summed E-state index contributed by atoms with van der Waals surface area (Å²) < 4.78 is 0. The van der Waals surface area contributed by atoms with Gasteiger partial charge in [0, 0.05) is 23.9 Å². The molecule has 1 amide bonds. The minimum absolute atomic E-state index is 0.0442. The van der Waals surface area contributed by atoms with Gasteiger partial charge < -0.3 is 20.3 Å². The number of H-pyrrole nitrogens is 3. The number of hydrogen-bond acceptors (Lipinski definition) is 4. The van der Waals surface area contributed by atoms with Gasteiger partial charge in [-0.15, -0.1) is 0 Å². The lowest BCUT2D eigenvalue weighted by Gasteiger charge is -2.22. The Labute approximate surface area is 194 Å². The van der Waals surface area contributed by atoms with E-state index in [0.717, 1.165) is 23.9 Å². The third-order valence-corrected chi connectivity index (χ3v) is 5.93. The molecule has 0 atom stereocenters. The fourth-order valence-electron chi connectivity index (χ4n) is 4.04. The average molecular weight is 468 g/mol. The van der Waals surface area contributed by atoms with E-state index in [1.54, 1.807) is 24.3 Å². The number of amides is 1. The van der Waals surface area contributed by atoms with Crippen molar-refractivity contribution in [2.24, 2.45) is 0 Å². The van der Waals surface area contributed by atoms with Crippen molar-refractivity contribution in [3.8, 4) is 0 Å². The standard InChI is InChI=1S/C17H21N3O2.C7H5ClN2O/c21-16(18-12-6-2-1-3-7-12)11-10-15-19-14-9-5-4-8-13(14)17(22)20-15;8-4-1-2-5-6(3-4)10-7(11)9-5/h4-5,8-9,12H,1-3,6-7,10-11H2,(H,18,21)(H,19,20,22);1-3H,(H2,9,10,11). The van der Waals surface area contributed by atoms with E-state index in [0.29, 0.717) is 40.6 Å². The van der Waals surface area contributed by atoms with E-state index < -0.39 is 0 Å². The van der Waals surface area contributed by atoms with E-state index in [1.807, 2.05) is 18.2 Å². The van der Waals surface area contributed by atoms with E-state index in [2.05, 4.69) is 25.3 Å². The van der Waals surface area contributed by atoms with Crippen molar-refractivity contribution in [3.05, 3.63) is 74.1 Å². The lowest BCUT2D eigenvalue weighted by molar-refractivity contribution is -0.122. The number of aryl methyl sites for hydroxylation is 1. The maximum atomic E-state index is 12.0.